The summed E-state index contributed by atoms with van der Waals surface area (Å²) >= 11 is 0. The summed E-state index contributed by atoms with van der Waals surface area (Å²) in [5, 5.41) is 3.46. The van der Waals surface area contributed by atoms with Crippen molar-refractivity contribution in [3.63, 3.8) is 0 Å². The number of nitrogens with zero attached hydrogens (tertiary/aromatic N) is 1. The highest BCUT2D eigenvalue weighted by atomic mass is 19.1. The topological polar surface area (TPSA) is 15.3 Å². The first-order valence-electron chi connectivity index (χ1n) is 7.43. The van der Waals surface area contributed by atoms with Gasteiger partial charge in [-0.3, -0.25) is 0 Å². The fraction of sp³-hybridized carbons (Fsp3) is 0.625. The fourth-order valence-electron chi connectivity index (χ4n) is 2.90. The smallest absolute Gasteiger partial charge is 0.123 e. The van der Waals surface area contributed by atoms with Crippen molar-refractivity contribution in [1.29, 1.82) is 0 Å². The van der Waals surface area contributed by atoms with Gasteiger partial charge in [0.2, 0.25) is 0 Å². The zero-order chi connectivity index (χ0) is 13.8. The van der Waals surface area contributed by atoms with Crippen LogP contribution in [-0.2, 0) is 0 Å². The highest BCUT2D eigenvalue weighted by molar-refractivity contribution is 5.56. The molecular weight excluding hydrogens is 239 g/mol. The first kappa shape index (κ1) is 14.3. The van der Waals surface area contributed by atoms with E-state index in [0.717, 1.165) is 25.1 Å². The van der Waals surface area contributed by atoms with E-state index in [0.29, 0.717) is 6.04 Å². The number of benzene rings is 1. The monoisotopic (exact) mass is 264 g/mol. The maximum atomic E-state index is 13.6. The lowest BCUT2D eigenvalue weighted by molar-refractivity contribution is 0.559. The Balaban J connectivity index is 2.26. The number of hydrogen-bond donors (Lipinski definition) is 1. The van der Waals surface area contributed by atoms with E-state index in [1.54, 1.807) is 12.1 Å². The van der Waals surface area contributed by atoms with E-state index in [4.69, 9.17) is 0 Å². The summed E-state index contributed by atoms with van der Waals surface area (Å²) in [6, 6.07) is 5.96. The Morgan fingerprint density at radius 1 is 1.47 bits per heavy atom. The standard InChI is InChI=1S/C16H25FN2/c1-4-9-18-13(3)15-11-14(17)7-8-16(15)19-10-5-6-12(19)2/h7-8,11-13,18H,4-6,9-10H2,1-3H3. The van der Waals surface area contributed by atoms with Crippen LogP contribution in [0, 0.1) is 5.82 Å². The molecule has 19 heavy (non-hydrogen) atoms. The summed E-state index contributed by atoms with van der Waals surface area (Å²) in [4.78, 5) is 2.42. The van der Waals surface area contributed by atoms with Crippen molar-refractivity contribution in [3.05, 3.63) is 29.6 Å². The fourth-order valence-corrected chi connectivity index (χ4v) is 2.90. The van der Waals surface area contributed by atoms with E-state index in [-0.39, 0.29) is 11.9 Å². The summed E-state index contributed by atoms with van der Waals surface area (Å²) in [5.74, 6) is -0.143. The Kier molecular flexibility index (Phi) is 4.81. The molecule has 2 unspecified atom stereocenters. The molecule has 1 saturated heterocycles. The lowest BCUT2D eigenvalue weighted by atomic mass is 10.0. The van der Waals surface area contributed by atoms with Gasteiger partial charge in [0.25, 0.3) is 0 Å². The van der Waals surface area contributed by atoms with Crippen LogP contribution in [0.25, 0.3) is 0 Å². The second kappa shape index (κ2) is 6.38. The lowest BCUT2D eigenvalue weighted by Gasteiger charge is -2.29. The van der Waals surface area contributed by atoms with Crippen molar-refractivity contribution in [2.75, 3.05) is 18.0 Å². The molecule has 0 radical (unpaired) electrons. The SMILES string of the molecule is CCCNC(C)c1cc(F)ccc1N1CCCC1C. The second-order valence-corrected chi connectivity index (χ2v) is 5.56. The predicted octanol–water partition coefficient (Wildman–Crippen LogP) is 3.88. The van der Waals surface area contributed by atoms with Gasteiger partial charge in [-0.15, -0.1) is 0 Å². The average molecular weight is 264 g/mol. The van der Waals surface area contributed by atoms with Crippen LogP contribution in [0.3, 0.4) is 0 Å². The van der Waals surface area contributed by atoms with E-state index in [2.05, 4.69) is 31.0 Å². The highest BCUT2D eigenvalue weighted by Crippen LogP contribution is 2.32. The van der Waals surface area contributed by atoms with Crippen LogP contribution in [0.4, 0.5) is 10.1 Å². The van der Waals surface area contributed by atoms with E-state index in [1.165, 1.54) is 18.5 Å². The molecule has 2 nitrogen and oxygen atoms in total. The molecule has 0 spiro atoms. The Labute approximate surface area is 116 Å². The Hall–Kier alpha value is -1.09. The first-order valence-corrected chi connectivity index (χ1v) is 7.43. The molecule has 0 aromatic heterocycles. The van der Waals surface area contributed by atoms with Gasteiger partial charge in [0.1, 0.15) is 5.82 Å². The van der Waals surface area contributed by atoms with Crippen molar-refractivity contribution in [3.8, 4) is 0 Å². The number of nitrogens with one attached hydrogen (secondary N) is 1. The molecule has 0 saturated carbocycles. The molecule has 3 heteroatoms. The molecule has 2 rings (SSSR count). The molecular formula is C16H25FN2. The molecule has 0 aliphatic carbocycles. The molecule has 1 aromatic rings. The zero-order valence-corrected chi connectivity index (χ0v) is 12.2. The summed E-state index contributed by atoms with van der Waals surface area (Å²) in [5.41, 5.74) is 2.28. The quantitative estimate of drug-likeness (QED) is 0.868. The van der Waals surface area contributed by atoms with Crippen LogP contribution in [0.1, 0.15) is 51.6 Å². The van der Waals surface area contributed by atoms with E-state index in [1.807, 2.05) is 6.07 Å². The number of anilines is 1. The molecule has 1 heterocycles. The largest absolute Gasteiger partial charge is 0.369 e. The molecule has 2 atom stereocenters. The van der Waals surface area contributed by atoms with Crippen LogP contribution in [0.15, 0.2) is 18.2 Å². The van der Waals surface area contributed by atoms with E-state index in [9.17, 15) is 4.39 Å². The van der Waals surface area contributed by atoms with Crippen molar-refractivity contribution < 1.29 is 4.39 Å². The van der Waals surface area contributed by atoms with E-state index >= 15 is 0 Å². The van der Waals surface area contributed by atoms with Crippen LogP contribution in [-0.4, -0.2) is 19.1 Å². The normalized spacial score (nSPS) is 20.8. The molecule has 0 amide bonds. The van der Waals surface area contributed by atoms with Gasteiger partial charge in [0.15, 0.2) is 0 Å². The number of rotatable bonds is 5. The van der Waals surface area contributed by atoms with Gasteiger partial charge in [0, 0.05) is 24.3 Å². The van der Waals surface area contributed by atoms with Crippen LogP contribution in [0.5, 0.6) is 0 Å². The predicted molar refractivity (Wildman–Crippen MR) is 79.2 cm³/mol. The molecule has 1 aliphatic heterocycles. The zero-order valence-electron chi connectivity index (χ0n) is 12.2. The average Bonchev–Trinajstić information content (AvgIpc) is 2.82. The molecule has 1 fully saturated rings. The molecule has 1 N–H and O–H groups in total. The van der Waals surface area contributed by atoms with Crippen LogP contribution >= 0.6 is 0 Å². The van der Waals surface area contributed by atoms with E-state index < -0.39 is 0 Å². The summed E-state index contributed by atoms with van der Waals surface area (Å²) in [6.45, 7) is 8.57. The summed E-state index contributed by atoms with van der Waals surface area (Å²) in [6.07, 6.45) is 3.55. The Morgan fingerprint density at radius 2 is 2.26 bits per heavy atom. The van der Waals surface area contributed by atoms with Crippen LogP contribution in [0.2, 0.25) is 0 Å². The maximum Gasteiger partial charge on any atom is 0.123 e. The van der Waals surface area contributed by atoms with Crippen LogP contribution < -0.4 is 10.2 Å². The third kappa shape index (κ3) is 3.27. The number of hydrogen-bond acceptors (Lipinski definition) is 2. The minimum absolute atomic E-state index is 0.143. The number of halogens is 1. The molecule has 106 valence electrons. The third-order valence-corrected chi connectivity index (χ3v) is 4.02. The molecule has 1 aromatic carbocycles. The van der Waals surface area contributed by atoms with Gasteiger partial charge in [-0.1, -0.05) is 6.92 Å². The van der Waals surface area contributed by atoms with Gasteiger partial charge in [-0.25, -0.2) is 4.39 Å². The maximum absolute atomic E-state index is 13.6. The van der Waals surface area contributed by atoms with Crippen molar-refractivity contribution >= 4 is 5.69 Å². The molecule has 0 bridgehead atoms. The Bertz CT molecular complexity index is 419. The molecule has 1 aliphatic rings. The summed E-state index contributed by atoms with van der Waals surface area (Å²) in [7, 11) is 0. The first-order chi connectivity index (χ1) is 9.13. The minimum Gasteiger partial charge on any atom is -0.369 e. The third-order valence-electron chi connectivity index (χ3n) is 4.02. The highest BCUT2D eigenvalue weighted by Gasteiger charge is 2.24. The second-order valence-electron chi connectivity index (χ2n) is 5.56. The van der Waals surface area contributed by atoms with Gasteiger partial charge >= 0.3 is 0 Å². The lowest BCUT2D eigenvalue weighted by Crippen LogP contribution is -2.29. The van der Waals surface area contributed by atoms with Gasteiger partial charge in [-0.05, 0) is 63.4 Å². The van der Waals surface area contributed by atoms with Gasteiger partial charge in [-0.2, -0.15) is 0 Å². The minimum atomic E-state index is -0.143. The summed E-state index contributed by atoms with van der Waals surface area (Å²) < 4.78 is 13.6. The van der Waals surface area contributed by atoms with Gasteiger partial charge < -0.3 is 10.2 Å². The van der Waals surface area contributed by atoms with Crippen molar-refractivity contribution in [2.45, 2.75) is 52.1 Å². The Morgan fingerprint density at radius 3 is 2.89 bits per heavy atom. The van der Waals surface area contributed by atoms with Crippen molar-refractivity contribution in [2.24, 2.45) is 0 Å². The van der Waals surface area contributed by atoms with Crippen molar-refractivity contribution in [1.82, 2.24) is 5.32 Å². The van der Waals surface area contributed by atoms with Gasteiger partial charge in [0.05, 0.1) is 0 Å².